The van der Waals surface area contributed by atoms with Crippen LogP contribution in [0.2, 0.25) is 0 Å². The van der Waals surface area contributed by atoms with E-state index in [1.54, 1.807) is 18.9 Å². The molecule has 1 aromatic carbocycles. The van der Waals surface area contributed by atoms with Crippen molar-refractivity contribution >= 4 is 11.6 Å². The van der Waals surface area contributed by atoms with E-state index in [1.807, 2.05) is 18.2 Å². The summed E-state index contributed by atoms with van der Waals surface area (Å²) >= 11 is 0. The van der Waals surface area contributed by atoms with Crippen molar-refractivity contribution in [3.63, 3.8) is 0 Å². The minimum atomic E-state index is -0.456. The molecule has 0 aliphatic carbocycles. The molecule has 1 aliphatic rings. The third-order valence-corrected chi connectivity index (χ3v) is 3.06. The molecule has 92 valence electrons. The van der Waals surface area contributed by atoms with Gasteiger partial charge in [-0.05, 0) is 43.5 Å². The first-order chi connectivity index (χ1) is 8.13. The topological polar surface area (TPSA) is 55.6 Å². The van der Waals surface area contributed by atoms with Crippen molar-refractivity contribution in [3.8, 4) is 5.75 Å². The van der Waals surface area contributed by atoms with E-state index < -0.39 is 6.04 Å². The van der Waals surface area contributed by atoms with Gasteiger partial charge in [0.1, 0.15) is 5.75 Å². The Labute approximate surface area is 101 Å². The fourth-order valence-electron chi connectivity index (χ4n) is 2.18. The van der Waals surface area contributed by atoms with Gasteiger partial charge in [0.2, 0.25) is 5.91 Å². The number of hydrogen-bond acceptors (Lipinski definition) is 3. The van der Waals surface area contributed by atoms with Crippen LogP contribution in [0.15, 0.2) is 18.2 Å². The van der Waals surface area contributed by atoms with Crippen LogP contribution in [-0.4, -0.2) is 25.6 Å². The summed E-state index contributed by atoms with van der Waals surface area (Å²) < 4.78 is 5.20. The molecule has 0 bridgehead atoms. The molecule has 0 aromatic heterocycles. The Balaban J connectivity index is 2.35. The van der Waals surface area contributed by atoms with Gasteiger partial charge in [-0.15, -0.1) is 0 Å². The SMILES string of the molecule is COc1ccc2c(c1)CCCN2C(=O)[C@H](C)N. The summed E-state index contributed by atoms with van der Waals surface area (Å²) in [7, 11) is 1.65. The van der Waals surface area contributed by atoms with Crippen molar-refractivity contribution < 1.29 is 9.53 Å². The second-order valence-electron chi connectivity index (χ2n) is 4.38. The van der Waals surface area contributed by atoms with E-state index in [1.165, 1.54) is 0 Å². The first-order valence-corrected chi connectivity index (χ1v) is 5.87. The van der Waals surface area contributed by atoms with E-state index in [9.17, 15) is 4.79 Å². The number of rotatable bonds is 2. The van der Waals surface area contributed by atoms with Gasteiger partial charge in [0, 0.05) is 12.2 Å². The normalized spacial score (nSPS) is 16.3. The molecule has 1 atom stereocenters. The molecule has 1 aromatic rings. The summed E-state index contributed by atoms with van der Waals surface area (Å²) in [6, 6.07) is 5.36. The van der Waals surface area contributed by atoms with Crippen LogP contribution in [-0.2, 0) is 11.2 Å². The Morgan fingerprint density at radius 2 is 2.29 bits per heavy atom. The Bertz CT molecular complexity index is 429. The lowest BCUT2D eigenvalue weighted by atomic mass is 10.0. The maximum absolute atomic E-state index is 12.0. The summed E-state index contributed by atoms with van der Waals surface area (Å²) in [6.07, 6.45) is 1.95. The van der Waals surface area contributed by atoms with Crippen molar-refractivity contribution in [2.75, 3.05) is 18.6 Å². The largest absolute Gasteiger partial charge is 0.497 e. The van der Waals surface area contributed by atoms with E-state index in [-0.39, 0.29) is 5.91 Å². The van der Waals surface area contributed by atoms with Gasteiger partial charge >= 0.3 is 0 Å². The van der Waals surface area contributed by atoms with E-state index in [0.717, 1.165) is 36.4 Å². The van der Waals surface area contributed by atoms with Gasteiger partial charge in [-0.3, -0.25) is 4.79 Å². The summed E-state index contributed by atoms with van der Waals surface area (Å²) in [5.74, 6) is 0.815. The minimum Gasteiger partial charge on any atom is -0.497 e. The number of amides is 1. The average molecular weight is 234 g/mol. The van der Waals surface area contributed by atoms with Gasteiger partial charge in [0.15, 0.2) is 0 Å². The van der Waals surface area contributed by atoms with E-state index in [0.29, 0.717) is 0 Å². The molecule has 17 heavy (non-hydrogen) atoms. The Hall–Kier alpha value is -1.55. The first kappa shape index (κ1) is 11.9. The van der Waals surface area contributed by atoms with E-state index in [2.05, 4.69) is 0 Å². The molecule has 0 radical (unpaired) electrons. The number of aryl methyl sites for hydroxylation is 1. The fraction of sp³-hybridized carbons (Fsp3) is 0.462. The van der Waals surface area contributed by atoms with Crippen LogP contribution >= 0.6 is 0 Å². The number of carbonyl (C=O) groups is 1. The monoisotopic (exact) mass is 234 g/mol. The molecule has 0 unspecified atom stereocenters. The van der Waals surface area contributed by atoms with Crippen LogP contribution in [0.25, 0.3) is 0 Å². The Morgan fingerprint density at radius 3 is 2.94 bits per heavy atom. The number of nitrogens with zero attached hydrogens (tertiary/aromatic N) is 1. The predicted molar refractivity (Wildman–Crippen MR) is 67.3 cm³/mol. The summed E-state index contributed by atoms with van der Waals surface area (Å²) in [5.41, 5.74) is 7.79. The molecule has 1 amide bonds. The first-order valence-electron chi connectivity index (χ1n) is 5.87. The van der Waals surface area contributed by atoms with Crippen LogP contribution in [0.5, 0.6) is 5.75 Å². The van der Waals surface area contributed by atoms with Gasteiger partial charge in [-0.1, -0.05) is 0 Å². The summed E-state index contributed by atoms with van der Waals surface area (Å²) in [6.45, 7) is 2.47. The Morgan fingerprint density at radius 1 is 1.53 bits per heavy atom. The third kappa shape index (κ3) is 2.26. The van der Waals surface area contributed by atoms with Gasteiger partial charge in [0.25, 0.3) is 0 Å². The molecule has 2 rings (SSSR count). The number of nitrogens with two attached hydrogens (primary N) is 1. The molecule has 4 nitrogen and oxygen atoms in total. The second kappa shape index (κ2) is 4.75. The zero-order valence-electron chi connectivity index (χ0n) is 10.3. The van der Waals surface area contributed by atoms with Crippen LogP contribution < -0.4 is 15.4 Å². The lowest BCUT2D eigenvalue weighted by molar-refractivity contribution is -0.119. The van der Waals surface area contributed by atoms with Crippen LogP contribution in [0.4, 0.5) is 5.69 Å². The van der Waals surface area contributed by atoms with Crippen LogP contribution in [0, 0.1) is 0 Å². The number of anilines is 1. The van der Waals surface area contributed by atoms with Crippen molar-refractivity contribution in [1.29, 1.82) is 0 Å². The van der Waals surface area contributed by atoms with Gasteiger partial charge in [0.05, 0.1) is 13.2 Å². The zero-order valence-corrected chi connectivity index (χ0v) is 10.3. The number of ether oxygens (including phenoxy) is 1. The molecule has 0 saturated heterocycles. The highest BCUT2D eigenvalue weighted by atomic mass is 16.5. The molecular weight excluding hydrogens is 216 g/mol. The molecule has 4 heteroatoms. The highest BCUT2D eigenvalue weighted by Gasteiger charge is 2.24. The van der Waals surface area contributed by atoms with Crippen molar-refractivity contribution in [2.45, 2.75) is 25.8 Å². The van der Waals surface area contributed by atoms with Gasteiger partial charge in [-0.2, -0.15) is 0 Å². The maximum atomic E-state index is 12.0. The maximum Gasteiger partial charge on any atom is 0.243 e. The standard InChI is InChI=1S/C13H18N2O2/c1-9(14)13(16)15-7-3-4-10-8-11(17-2)5-6-12(10)15/h5-6,8-9H,3-4,7,14H2,1-2H3/t9-/m0/s1. The number of methoxy groups -OCH3 is 1. The summed E-state index contributed by atoms with van der Waals surface area (Å²) in [5, 5.41) is 0. The molecule has 0 saturated carbocycles. The van der Waals surface area contributed by atoms with Crippen molar-refractivity contribution in [3.05, 3.63) is 23.8 Å². The highest BCUT2D eigenvalue weighted by Crippen LogP contribution is 2.30. The Kier molecular flexibility index (Phi) is 3.33. The lowest BCUT2D eigenvalue weighted by Crippen LogP contribution is -2.44. The number of benzene rings is 1. The number of fused-ring (bicyclic) bond motifs is 1. The smallest absolute Gasteiger partial charge is 0.243 e. The molecule has 2 N–H and O–H groups in total. The number of hydrogen-bond donors (Lipinski definition) is 1. The average Bonchev–Trinajstić information content (AvgIpc) is 2.36. The lowest BCUT2D eigenvalue weighted by Gasteiger charge is -2.30. The zero-order chi connectivity index (χ0) is 12.4. The molecule has 0 spiro atoms. The minimum absolute atomic E-state index is 0.0175. The predicted octanol–water partition coefficient (Wildman–Crippen LogP) is 1.32. The molecule has 0 fully saturated rings. The molecule has 1 aliphatic heterocycles. The third-order valence-electron chi connectivity index (χ3n) is 3.06. The molecule has 1 heterocycles. The van der Waals surface area contributed by atoms with Crippen LogP contribution in [0.3, 0.4) is 0 Å². The summed E-state index contributed by atoms with van der Waals surface area (Å²) in [4.78, 5) is 13.8. The van der Waals surface area contributed by atoms with E-state index in [4.69, 9.17) is 10.5 Å². The van der Waals surface area contributed by atoms with E-state index >= 15 is 0 Å². The highest BCUT2D eigenvalue weighted by molar-refractivity contribution is 5.97. The quantitative estimate of drug-likeness (QED) is 0.839. The number of carbonyl (C=O) groups excluding carboxylic acids is 1. The van der Waals surface area contributed by atoms with Gasteiger partial charge in [-0.25, -0.2) is 0 Å². The van der Waals surface area contributed by atoms with Gasteiger partial charge < -0.3 is 15.4 Å². The van der Waals surface area contributed by atoms with Crippen molar-refractivity contribution in [2.24, 2.45) is 5.73 Å². The molecular formula is C13H18N2O2. The van der Waals surface area contributed by atoms with Crippen molar-refractivity contribution in [1.82, 2.24) is 0 Å². The fourth-order valence-corrected chi connectivity index (χ4v) is 2.18. The van der Waals surface area contributed by atoms with Crippen LogP contribution in [0.1, 0.15) is 18.9 Å². The second-order valence-corrected chi connectivity index (χ2v) is 4.38.